The SMILES string of the molecule is OC(Cc1ccc(Br)s1)c1ccc(Cl)cc1Cl. The lowest BCUT2D eigenvalue weighted by atomic mass is 10.1. The standard InChI is InChI=1S/C12H9BrCl2OS/c13-12-4-2-8(17-12)6-11(16)9-3-1-7(14)5-10(9)15/h1-5,11,16H,6H2. The minimum absolute atomic E-state index is 0.501. The van der Waals surface area contributed by atoms with E-state index in [1.54, 1.807) is 29.5 Å². The van der Waals surface area contributed by atoms with Crippen molar-refractivity contribution in [2.45, 2.75) is 12.5 Å². The fraction of sp³-hybridized carbons (Fsp3) is 0.167. The van der Waals surface area contributed by atoms with Crippen molar-refractivity contribution in [2.75, 3.05) is 0 Å². The van der Waals surface area contributed by atoms with Crippen molar-refractivity contribution in [3.05, 3.63) is 54.6 Å². The number of thiophene rings is 1. The van der Waals surface area contributed by atoms with E-state index in [9.17, 15) is 5.11 Å². The normalized spacial score (nSPS) is 12.7. The van der Waals surface area contributed by atoms with Gasteiger partial charge in [0.25, 0.3) is 0 Å². The predicted octanol–water partition coefficient (Wildman–Crippen LogP) is 5.09. The molecule has 1 nitrogen and oxygen atoms in total. The first kappa shape index (κ1) is 13.4. The molecule has 5 heteroatoms. The molecule has 0 radical (unpaired) electrons. The number of aliphatic hydroxyl groups excluding tert-OH is 1. The minimum atomic E-state index is -0.606. The van der Waals surface area contributed by atoms with Crippen LogP contribution in [0, 0.1) is 0 Å². The maximum absolute atomic E-state index is 10.1. The molecule has 2 aromatic rings. The zero-order chi connectivity index (χ0) is 12.4. The lowest BCUT2D eigenvalue weighted by molar-refractivity contribution is 0.179. The third-order valence-corrected chi connectivity index (χ3v) is 4.55. The van der Waals surface area contributed by atoms with Crippen LogP contribution in [0.2, 0.25) is 10.0 Å². The quantitative estimate of drug-likeness (QED) is 0.816. The van der Waals surface area contributed by atoms with Gasteiger partial charge in [-0.1, -0.05) is 29.3 Å². The Bertz CT molecular complexity index is 527. The molecule has 0 bridgehead atoms. The van der Waals surface area contributed by atoms with Crippen molar-refractivity contribution in [3.63, 3.8) is 0 Å². The van der Waals surface area contributed by atoms with Gasteiger partial charge in [0.2, 0.25) is 0 Å². The molecule has 0 saturated heterocycles. The zero-order valence-corrected chi connectivity index (χ0v) is 12.6. The van der Waals surface area contributed by atoms with Gasteiger partial charge in [0, 0.05) is 21.3 Å². The van der Waals surface area contributed by atoms with Gasteiger partial charge in [-0.05, 0) is 45.8 Å². The lowest BCUT2D eigenvalue weighted by Crippen LogP contribution is -2.01. The third-order valence-electron chi connectivity index (χ3n) is 2.34. The van der Waals surface area contributed by atoms with Crippen LogP contribution in [0.3, 0.4) is 0 Å². The smallest absolute Gasteiger partial charge is 0.0852 e. The van der Waals surface area contributed by atoms with Gasteiger partial charge in [0.1, 0.15) is 0 Å². The lowest BCUT2D eigenvalue weighted by Gasteiger charge is -2.11. The highest BCUT2D eigenvalue weighted by atomic mass is 79.9. The minimum Gasteiger partial charge on any atom is -0.388 e. The zero-order valence-electron chi connectivity index (χ0n) is 8.66. The second-order valence-corrected chi connectivity index (χ2v) is 6.98. The molecule has 17 heavy (non-hydrogen) atoms. The van der Waals surface area contributed by atoms with Crippen LogP contribution in [0.1, 0.15) is 16.5 Å². The molecule has 1 aromatic carbocycles. The Morgan fingerprint density at radius 1 is 1.24 bits per heavy atom. The van der Waals surface area contributed by atoms with E-state index in [1.165, 1.54) is 0 Å². The van der Waals surface area contributed by atoms with E-state index in [0.717, 1.165) is 8.66 Å². The predicted molar refractivity (Wildman–Crippen MR) is 77.1 cm³/mol. The summed E-state index contributed by atoms with van der Waals surface area (Å²) in [5, 5.41) is 11.2. The summed E-state index contributed by atoms with van der Waals surface area (Å²) in [5.41, 5.74) is 0.709. The molecule has 2 rings (SSSR count). The Hall–Kier alpha value is -0.0600. The first-order chi connectivity index (χ1) is 8.06. The van der Waals surface area contributed by atoms with Crippen molar-refractivity contribution in [3.8, 4) is 0 Å². The van der Waals surface area contributed by atoms with Crippen molar-refractivity contribution in [2.24, 2.45) is 0 Å². The summed E-state index contributed by atoms with van der Waals surface area (Å²) in [7, 11) is 0. The Morgan fingerprint density at radius 2 is 2.00 bits per heavy atom. The van der Waals surface area contributed by atoms with Crippen LogP contribution in [0.4, 0.5) is 0 Å². The van der Waals surface area contributed by atoms with Crippen LogP contribution in [0.25, 0.3) is 0 Å². The molecule has 0 spiro atoms. The van der Waals surface area contributed by atoms with Gasteiger partial charge in [-0.3, -0.25) is 0 Å². The van der Waals surface area contributed by atoms with Crippen LogP contribution in [0.5, 0.6) is 0 Å². The largest absolute Gasteiger partial charge is 0.388 e. The second-order valence-electron chi connectivity index (χ2n) is 3.59. The molecule has 0 fully saturated rings. The average molecular weight is 352 g/mol. The van der Waals surface area contributed by atoms with Gasteiger partial charge >= 0.3 is 0 Å². The summed E-state index contributed by atoms with van der Waals surface area (Å²) in [4.78, 5) is 1.11. The van der Waals surface area contributed by atoms with Gasteiger partial charge in [-0.15, -0.1) is 11.3 Å². The van der Waals surface area contributed by atoms with Crippen molar-refractivity contribution in [1.29, 1.82) is 0 Å². The van der Waals surface area contributed by atoms with E-state index < -0.39 is 6.10 Å². The Labute approximate surface area is 122 Å². The van der Waals surface area contributed by atoms with E-state index in [4.69, 9.17) is 23.2 Å². The summed E-state index contributed by atoms with van der Waals surface area (Å²) in [6.07, 6.45) is -0.0530. The number of hydrogen-bond acceptors (Lipinski definition) is 2. The molecule has 1 aromatic heterocycles. The van der Waals surface area contributed by atoms with Crippen LogP contribution < -0.4 is 0 Å². The first-order valence-corrected chi connectivity index (χ1v) is 7.30. The van der Waals surface area contributed by atoms with E-state index in [1.807, 2.05) is 12.1 Å². The molecule has 0 aliphatic rings. The highest BCUT2D eigenvalue weighted by molar-refractivity contribution is 9.11. The number of halogens is 3. The number of rotatable bonds is 3. The number of aliphatic hydroxyl groups is 1. The van der Waals surface area contributed by atoms with Crippen molar-refractivity contribution in [1.82, 2.24) is 0 Å². The average Bonchev–Trinajstić information content (AvgIpc) is 2.63. The Balaban J connectivity index is 2.17. The molecule has 1 unspecified atom stereocenters. The maximum Gasteiger partial charge on any atom is 0.0852 e. The van der Waals surface area contributed by atoms with Gasteiger partial charge in [0.15, 0.2) is 0 Å². The summed E-state index contributed by atoms with van der Waals surface area (Å²) < 4.78 is 1.06. The molecule has 0 amide bonds. The summed E-state index contributed by atoms with van der Waals surface area (Å²) in [5.74, 6) is 0. The number of benzene rings is 1. The Kier molecular flexibility index (Phi) is 4.50. The van der Waals surface area contributed by atoms with E-state index in [-0.39, 0.29) is 0 Å². The fourth-order valence-electron chi connectivity index (χ4n) is 1.53. The highest BCUT2D eigenvalue weighted by Gasteiger charge is 2.13. The van der Waals surface area contributed by atoms with Crippen molar-refractivity contribution >= 4 is 50.5 Å². The fourth-order valence-corrected chi connectivity index (χ4v) is 3.59. The van der Waals surface area contributed by atoms with Crippen LogP contribution in [0.15, 0.2) is 34.1 Å². The molecule has 0 aliphatic heterocycles. The molecule has 1 atom stereocenters. The van der Waals surface area contributed by atoms with E-state index in [0.29, 0.717) is 22.0 Å². The summed E-state index contributed by atoms with van der Waals surface area (Å²) in [6.45, 7) is 0. The topological polar surface area (TPSA) is 20.2 Å². The van der Waals surface area contributed by atoms with Gasteiger partial charge < -0.3 is 5.11 Å². The summed E-state index contributed by atoms with van der Waals surface area (Å²) >= 11 is 16.9. The monoisotopic (exact) mass is 350 g/mol. The maximum atomic E-state index is 10.1. The van der Waals surface area contributed by atoms with Crippen molar-refractivity contribution < 1.29 is 5.11 Å². The molecule has 0 saturated carbocycles. The van der Waals surface area contributed by atoms with E-state index in [2.05, 4.69) is 15.9 Å². The van der Waals surface area contributed by atoms with Gasteiger partial charge in [0.05, 0.1) is 9.89 Å². The Morgan fingerprint density at radius 3 is 2.59 bits per heavy atom. The van der Waals surface area contributed by atoms with Gasteiger partial charge in [-0.2, -0.15) is 0 Å². The van der Waals surface area contributed by atoms with Gasteiger partial charge in [-0.25, -0.2) is 0 Å². The molecular weight excluding hydrogens is 343 g/mol. The molecule has 90 valence electrons. The second kappa shape index (κ2) is 5.72. The summed E-state index contributed by atoms with van der Waals surface area (Å²) in [6, 6.07) is 9.10. The molecule has 0 aliphatic carbocycles. The molecule has 1 heterocycles. The van der Waals surface area contributed by atoms with Crippen LogP contribution >= 0.6 is 50.5 Å². The highest BCUT2D eigenvalue weighted by Crippen LogP contribution is 2.31. The molecule has 1 N–H and O–H groups in total. The van der Waals surface area contributed by atoms with E-state index >= 15 is 0 Å². The third kappa shape index (κ3) is 3.46. The number of hydrogen-bond donors (Lipinski definition) is 1. The van der Waals surface area contributed by atoms with Crippen LogP contribution in [-0.4, -0.2) is 5.11 Å². The first-order valence-electron chi connectivity index (χ1n) is 4.93. The van der Waals surface area contributed by atoms with Crippen LogP contribution in [-0.2, 0) is 6.42 Å². The molecular formula is C12H9BrCl2OS.